The highest BCUT2D eigenvalue weighted by Crippen LogP contribution is 2.26. The minimum absolute atomic E-state index is 0.0956. The van der Waals surface area contributed by atoms with Gasteiger partial charge in [-0.1, -0.05) is 11.6 Å². The number of aliphatic hydroxyl groups is 1. The molecule has 0 saturated heterocycles. The zero-order chi connectivity index (χ0) is 8.27. The molecular weight excluding hydrogens is 168 g/mol. The number of aliphatic hydroxyl groups excluding tert-OH is 1. The number of hydrogen-bond donors (Lipinski definition) is 1. The minimum Gasteiger partial charge on any atom is -0.515 e. The average molecular weight is 175 g/mol. The van der Waals surface area contributed by atoms with Gasteiger partial charge in [0.25, 0.3) is 0 Å². The Balaban J connectivity index is 2.97. The van der Waals surface area contributed by atoms with Gasteiger partial charge in [-0.2, -0.15) is 0 Å². The predicted molar refractivity (Wildman–Crippen MR) is 40.2 cm³/mol. The minimum atomic E-state index is 0.0956. The van der Waals surface area contributed by atoms with Gasteiger partial charge < -0.3 is 9.84 Å². The topological polar surface area (TPSA) is 46.5 Å². The molecule has 0 spiro atoms. The molecule has 0 atom stereocenters. The molecule has 1 aliphatic rings. The van der Waals surface area contributed by atoms with Crippen LogP contribution in [0.1, 0.15) is 6.42 Å². The van der Waals surface area contributed by atoms with Gasteiger partial charge in [0.1, 0.15) is 0 Å². The molecule has 0 radical (unpaired) electrons. The monoisotopic (exact) mass is 174 g/mol. The summed E-state index contributed by atoms with van der Waals surface area (Å²) in [4.78, 5) is 10.3. The Morgan fingerprint density at radius 2 is 2.36 bits per heavy atom. The third kappa shape index (κ3) is 1.54. The second-order valence-electron chi connectivity index (χ2n) is 2.05. The van der Waals surface area contributed by atoms with E-state index in [4.69, 9.17) is 21.4 Å². The number of aldehydes is 1. The summed E-state index contributed by atoms with van der Waals surface area (Å²) >= 11 is 5.64. The van der Waals surface area contributed by atoms with Crippen LogP contribution in [0.25, 0.3) is 0 Å². The summed E-state index contributed by atoms with van der Waals surface area (Å²) in [7, 11) is 0. The molecule has 0 aromatic heterocycles. The molecule has 1 heterocycles. The molecule has 4 heteroatoms. The lowest BCUT2D eigenvalue weighted by Gasteiger charge is -2.15. The predicted octanol–water partition coefficient (Wildman–Crippen LogP) is 1.50. The van der Waals surface area contributed by atoms with Crippen LogP contribution >= 0.6 is 11.6 Å². The quantitative estimate of drug-likeness (QED) is 0.484. The maximum Gasteiger partial charge on any atom is 0.186 e. The maximum absolute atomic E-state index is 10.3. The molecule has 0 saturated carbocycles. The molecule has 11 heavy (non-hydrogen) atoms. The number of hydrogen-bond acceptors (Lipinski definition) is 3. The Morgan fingerprint density at radius 3 is 2.91 bits per heavy atom. The van der Waals surface area contributed by atoms with Crippen molar-refractivity contribution in [1.82, 2.24) is 0 Å². The first-order chi connectivity index (χ1) is 5.29. The lowest BCUT2D eigenvalue weighted by molar-refractivity contribution is -0.108. The summed E-state index contributed by atoms with van der Waals surface area (Å²) < 4.78 is 4.90. The highest BCUT2D eigenvalue weighted by molar-refractivity contribution is 6.33. The molecular formula is C7H7ClO3. The highest BCUT2D eigenvalue weighted by Gasteiger charge is 2.16. The van der Waals surface area contributed by atoms with E-state index in [0.29, 0.717) is 24.9 Å². The molecule has 0 amide bonds. The summed E-state index contributed by atoms with van der Waals surface area (Å²) in [6, 6.07) is 0. The van der Waals surface area contributed by atoms with Gasteiger partial charge in [-0.25, -0.2) is 0 Å². The first kappa shape index (κ1) is 8.14. The van der Waals surface area contributed by atoms with Crippen molar-refractivity contribution in [2.75, 3.05) is 6.61 Å². The summed E-state index contributed by atoms with van der Waals surface area (Å²) in [6.07, 6.45) is 1.96. The van der Waals surface area contributed by atoms with E-state index < -0.39 is 0 Å². The van der Waals surface area contributed by atoms with Crippen LogP contribution in [0.3, 0.4) is 0 Å². The second-order valence-corrected chi connectivity index (χ2v) is 2.43. The summed E-state index contributed by atoms with van der Waals surface area (Å²) in [6.45, 7) is 0.386. The van der Waals surface area contributed by atoms with Crippen LogP contribution < -0.4 is 0 Å². The van der Waals surface area contributed by atoms with Gasteiger partial charge in [0.15, 0.2) is 12.0 Å². The van der Waals surface area contributed by atoms with Crippen molar-refractivity contribution in [1.29, 1.82) is 0 Å². The van der Waals surface area contributed by atoms with Crippen molar-refractivity contribution in [2.24, 2.45) is 0 Å². The Kier molecular flexibility index (Phi) is 2.54. The normalized spacial score (nSPS) is 21.7. The number of halogens is 1. The van der Waals surface area contributed by atoms with Gasteiger partial charge in [0.2, 0.25) is 0 Å². The Labute approximate surface area is 68.9 Å². The van der Waals surface area contributed by atoms with Crippen LogP contribution in [-0.2, 0) is 9.53 Å². The number of carbonyl (C=O) groups is 1. The van der Waals surface area contributed by atoms with E-state index in [1.165, 1.54) is 0 Å². The highest BCUT2D eigenvalue weighted by atomic mass is 35.5. The van der Waals surface area contributed by atoms with Crippen molar-refractivity contribution in [2.45, 2.75) is 6.42 Å². The van der Waals surface area contributed by atoms with E-state index in [1.54, 1.807) is 0 Å². The number of ether oxygens (including phenoxy) is 1. The third-order valence-electron chi connectivity index (χ3n) is 1.39. The SMILES string of the molecule is O=CC1=C(Cl)/C(=C/O)CCO1. The summed E-state index contributed by atoms with van der Waals surface area (Å²) in [5.74, 6) is 0.0956. The van der Waals surface area contributed by atoms with Crippen molar-refractivity contribution in [3.05, 3.63) is 22.6 Å². The number of allylic oxidation sites excluding steroid dienone is 2. The zero-order valence-electron chi connectivity index (χ0n) is 5.71. The molecule has 0 aliphatic carbocycles. The van der Waals surface area contributed by atoms with Crippen LogP contribution in [0.15, 0.2) is 22.6 Å². The fourth-order valence-corrected chi connectivity index (χ4v) is 1.05. The van der Waals surface area contributed by atoms with E-state index in [2.05, 4.69) is 0 Å². The van der Waals surface area contributed by atoms with Gasteiger partial charge in [-0.3, -0.25) is 4.79 Å². The molecule has 1 N–H and O–H groups in total. The van der Waals surface area contributed by atoms with Crippen molar-refractivity contribution in [3.63, 3.8) is 0 Å². The molecule has 1 aliphatic heterocycles. The van der Waals surface area contributed by atoms with Gasteiger partial charge in [-0.15, -0.1) is 0 Å². The molecule has 0 bridgehead atoms. The molecule has 0 aromatic rings. The Morgan fingerprint density at radius 1 is 1.64 bits per heavy atom. The van der Waals surface area contributed by atoms with E-state index in [0.717, 1.165) is 6.26 Å². The Bertz CT molecular complexity index is 230. The number of rotatable bonds is 1. The second kappa shape index (κ2) is 3.44. The average Bonchev–Trinajstić information content (AvgIpc) is 2.05. The van der Waals surface area contributed by atoms with Crippen LogP contribution in [0, 0.1) is 0 Å². The molecule has 0 unspecified atom stereocenters. The summed E-state index contributed by atoms with van der Waals surface area (Å²) in [5, 5.41) is 8.83. The molecule has 3 nitrogen and oxygen atoms in total. The van der Waals surface area contributed by atoms with Crippen LogP contribution in [0.4, 0.5) is 0 Å². The zero-order valence-corrected chi connectivity index (χ0v) is 6.47. The first-order valence-electron chi connectivity index (χ1n) is 3.11. The molecule has 60 valence electrons. The van der Waals surface area contributed by atoms with Gasteiger partial charge in [0, 0.05) is 12.0 Å². The lowest BCUT2D eigenvalue weighted by Crippen LogP contribution is -2.07. The first-order valence-corrected chi connectivity index (χ1v) is 3.48. The molecule has 1 rings (SSSR count). The summed E-state index contributed by atoms with van der Waals surface area (Å²) in [5.41, 5.74) is 0.542. The van der Waals surface area contributed by atoms with Crippen LogP contribution in [0.2, 0.25) is 0 Å². The third-order valence-corrected chi connectivity index (χ3v) is 1.82. The van der Waals surface area contributed by atoms with Gasteiger partial charge in [-0.05, 0) is 0 Å². The van der Waals surface area contributed by atoms with Crippen LogP contribution in [-0.4, -0.2) is 18.0 Å². The lowest BCUT2D eigenvalue weighted by atomic mass is 10.1. The molecule has 0 aromatic carbocycles. The van der Waals surface area contributed by atoms with E-state index in [-0.39, 0.29) is 10.8 Å². The van der Waals surface area contributed by atoms with Gasteiger partial charge >= 0.3 is 0 Å². The van der Waals surface area contributed by atoms with Crippen molar-refractivity contribution in [3.8, 4) is 0 Å². The largest absolute Gasteiger partial charge is 0.515 e. The van der Waals surface area contributed by atoms with Crippen LogP contribution in [0.5, 0.6) is 0 Å². The maximum atomic E-state index is 10.3. The fourth-order valence-electron chi connectivity index (χ4n) is 0.809. The Hall–Kier alpha value is -0.960. The standard InChI is InChI=1S/C7H7ClO3/c8-7-5(3-9)1-2-11-6(7)4-10/h3-4,9H,1-2H2/b5-3+. The smallest absolute Gasteiger partial charge is 0.186 e. The van der Waals surface area contributed by atoms with Gasteiger partial charge in [0.05, 0.1) is 17.9 Å². The van der Waals surface area contributed by atoms with E-state index in [9.17, 15) is 4.79 Å². The van der Waals surface area contributed by atoms with Crippen molar-refractivity contribution >= 4 is 17.9 Å². The fraction of sp³-hybridized carbons (Fsp3) is 0.286. The van der Waals surface area contributed by atoms with Crippen molar-refractivity contribution < 1.29 is 14.6 Å². The van der Waals surface area contributed by atoms with E-state index in [1.807, 2.05) is 0 Å². The molecule has 0 fully saturated rings. The number of carbonyl (C=O) groups excluding carboxylic acids is 1. The van der Waals surface area contributed by atoms with E-state index >= 15 is 0 Å².